The van der Waals surface area contributed by atoms with Crippen molar-refractivity contribution in [2.24, 2.45) is 0 Å². The van der Waals surface area contributed by atoms with Crippen molar-refractivity contribution in [2.75, 3.05) is 7.05 Å². The highest BCUT2D eigenvalue weighted by atomic mass is 15.2. The van der Waals surface area contributed by atoms with Crippen LogP contribution < -0.4 is 0 Å². The number of hydrogen-bond acceptors (Lipinski definition) is 0. The Balaban J connectivity index is 2.55. The normalized spacial score (nSPS) is 13.0. The van der Waals surface area contributed by atoms with Crippen LogP contribution in [0.4, 0.5) is 0 Å². The Labute approximate surface area is 131 Å². The maximum Gasteiger partial charge on any atom is 0.286 e. The lowest BCUT2D eigenvalue weighted by molar-refractivity contribution is -0.397. The number of allylic oxidation sites excluding steroid dienone is 2. The highest BCUT2D eigenvalue weighted by Gasteiger charge is 2.22. The third kappa shape index (κ3) is 2.08. The van der Waals surface area contributed by atoms with Gasteiger partial charge in [0, 0.05) is 16.8 Å². The summed E-state index contributed by atoms with van der Waals surface area (Å²) < 4.78 is 4.45. The summed E-state index contributed by atoms with van der Waals surface area (Å²) in [6.45, 7) is 8.08. The van der Waals surface area contributed by atoms with Gasteiger partial charge in [-0.05, 0) is 37.6 Å². The molecule has 22 heavy (non-hydrogen) atoms. The van der Waals surface area contributed by atoms with Gasteiger partial charge in [0.25, 0.3) is 5.82 Å². The van der Waals surface area contributed by atoms with Gasteiger partial charge >= 0.3 is 0 Å². The van der Waals surface area contributed by atoms with E-state index in [2.05, 4.69) is 84.4 Å². The van der Waals surface area contributed by atoms with Gasteiger partial charge in [0.05, 0.1) is 13.3 Å². The molecular formula is C20H21N2+. The van der Waals surface area contributed by atoms with Crippen LogP contribution in [0, 0.1) is 6.92 Å². The topological polar surface area (TPSA) is 7.94 Å². The molecule has 1 aromatic heterocycles. The molecular weight excluding hydrogens is 268 g/mol. The molecule has 0 N–H and O–H groups in total. The Morgan fingerprint density at radius 2 is 1.82 bits per heavy atom. The minimum absolute atomic E-state index is 1.10. The second kappa shape index (κ2) is 5.64. The fraction of sp³-hybridized carbons (Fsp3) is 0.150. The van der Waals surface area contributed by atoms with E-state index < -0.39 is 0 Å². The molecule has 0 spiro atoms. The highest BCUT2D eigenvalue weighted by molar-refractivity contribution is 6.10. The SMILES string of the molecule is C=C/C=C(n1c2ccccc2c2cccc(C)c21)\[N+](C)=C/C. The summed E-state index contributed by atoms with van der Waals surface area (Å²) in [6, 6.07) is 15.0. The predicted octanol–water partition coefficient (Wildman–Crippen LogP) is 4.82. The van der Waals surface area contributed by atoms with Crippen LogP contribution in [0.25, 0.3) is 27.6 Å². The fourth-order valence-electron chi connectivity index (χ4n) is 3.02. The number of hydrogen-bond donors (Lipinski definition) is 0. The van der Waals surface area contributed by atoms with E-state index in [-0.39, 0.29) is 0 Å². The monoisotopic (exact) mass is 289 g/mol. The van der Waals surface area contributed by atoms with Crippen LogP contribution in [-0.2, 0) is 0 Å². The summed E-state index contributed by atoms with van der Waals surface area (Å²) in [6.07, 6.45) is 5.96. The van der Waals surface area contributed by atoms with Gasteiger partial charge in [-0.1, -0.05) is 36.9 Å². The summed E-state index contributed by atoms with van der Waals surface area (Å²) in [7, 11) is 2.06. The second-order valence-electron chi connectivity index (χ2n) is 5.45. The lowest BCUT2D eigenvalue weighted by Gasteiger charge is -2.07. The highest BCUT2D eigenvalue weighted by Crippen LogP contribution is 2.33. The minimum Gasteiger partial charge on any atom is -0.241 e. The maximum absolute atomic E-state index is 3.88. The number of para-hydroxylation sites is 2. The van der Waals surface area contributed by atoms with Crippen molar-refractivity contribution in [1.82, 2.24) is 4.57 Å². The van der Waals surface area contributed by atoms with Crippen molar-refractivity contribution in [1.29, 1.82) is 0 Å². The quantitative estimate of drug-likeness (QED) is 0.371. The molecule has 0 aliphatic rings. The summed E-state index contributed by atoms with van der Waals surface area (Å²) in [5, 5.41) is 2.57. The van der Waals surface area contributed by atoms with Crippen LogP contribution in [0.3, 0.4) is 0 Å². The Bertz CT molecular complexity index is 923. The van der Waals surface area contributed by atoms with Crippen molar-refractivity contribution >= 4 is 33.8 Å². The summed E-state index contributed by atoms with van der Waals surface area (Å²) in [5.41, 5.74) is 3.74. The van der Waals surface area contributed by atoms with Crippen LogP contribution in [-0.4, -0.2) is 22.4 Å². The molecule has 0 unspecified atom stereocenters. The predicted molar refractivity (Wildman–Crippen MR) is 96.6 cm³/mol. The largest absolute Gasteiger partial charge is 0.286 e. The van der Waals surface area contributed by atoms with E-state index in [9.17, 15) is 0 Å². The van der Waals surface area contributed by atoms with Crippen LogP contribution in [0.1, 0.15) is 12.5 Å². The summed E-state index contributed by atoms with van der Waals surface area (Å²) in [4.78, 5) is 0. The number of benzene rings is 2. The van der Waals surface area contributed by atoms with E-state index in [4.69, 9.17) is 0 Å². The van der Waals surface area contributed by atoms with Crippen molar-refractivity contribution in [3.63, 3.8) is 0 Å². The van der Waals surface area contributed by atoms with Gasteiger partial charge in [0.15, 0.2) is 0 Å². The van der Waals surface area contributed by atoms with E-state index in [1.165, 1.54) is 27.4 Å². The van der Waals surface area contributed by atoms with Gasteiger partial charge in [-0.15, -0.1) is 0 Å². The molecule has 2 heteroatoms. The number of rotatable bonds is 3. The minimum atomic E-state index is 1.10. The number of aromatic nitrogens is 1. The first-order chi connectivity index (χ1) is 10.7. The summed E-state index contributed by atoms with van der Waals surface area (Å²) >= 11 is 0. The first-order valence-corrected chi connectivity index (χ1v) is 7.53. The average Bonchev–Trinajstić information content (AvgIpc) is 2.88. The van der Waals surface area contributed by atoms with E-state index in [0.29, 0.717) is 0 Å². The Morgan fingerprint density at radius 3 is 2.55 bits per heavy atom. The number of nitrogens with zero attached hydrogens (tertiary/aromatic N) is 2. The zero-order valence-corrected chi connectivity index (χ0v) is 13.4. The third-order valence-electron chi connectivity index (χ3n) is 4.14. The molecule has 0 radical (unpaired) electrons. The zero-order chi connectivity index (χ0) is 15.7. The molecule has 3 aromatic rings. The van der Waals surface area contributed by atoms with E-state index in [0.717, 1.165) is 5.82 Å². The molecule has 0 aliphatic carbocycles. The van der Waals surface area contributed by atoms with Gasteiger partial charge in [0.2, 0.25) is 0 Å². The van der Waals surface area contributed by atoms with E-state index >= 15 is 0 Å². The van der Waals surface area contributed by atoms with Crippen LogP contribution >= 0.6 is 0 Å². The molecule has 0 fully saturated rings. The molecule has 0 saturated heterocycles. The maximum atomic E-state index is 3.88. The molecule has 0 aliphatic heterocycles. The molecule has 0 saturated carbocycles. The number of aryl methyl sites for hydroxylation is 1. The lowest BCUT2D eigenvalue weighted by Crippen LogP contribution is -2.11. The Hall–Kier alpha value is -2.61. The van der Waals surface area contributed by atoms with Crippen LogP contribution in [0.15, 0.2) is 61.2 Å². The molecule has 110 valence electrons. The molecule has 2 nitrogen and oxygen atoms in total. The van der Waals surface area contributed by atoms with Crippen molar-refractivity contribution in [3.05, 3.63) is 66.8 Å². The van der Waals surface area contributed by atoms with Crippen LogP contribution in [0.2, 0.25) is 0 Å². The number of fused-ring (bicyclic) bond motifs is 3. The van der Waals surface area contributed by atoms with Gasteiger partial charge in [-0.3, -0.25) is 0 Å². The van der Waals surface area contributed by atoms with Gasteiger partial charge in [-0.2, -0.15) is 4.57 Å². The van der Waals surface area contributed by atoms with E-state index in [1.807, 2.05) is 13.0 Å². The summed E-state index contributed by atoms with van der Waals surface area (Å²) in [5.74, 6) is 1.10. The Kier molecular flexibility index (Phi) is 3.68. The van der Waals surface area contributed by atoms with E-state index in [1.54, 1.807) is 0 Å². The molecule has 1 heterocycles. The third-order valence-corrected chi connectivity index (χ3v) is 4.14. The first kappa shape index (κ1) is 14.3. The van der Waals surface area contributed by atoms with Gasteiger partial charge < -0.3 is 0 Å². The van der Waals surface area contributed by atoms with Crippen molar-refractivity contribution in [2.45, 2.75) is 13.8 Å². The molecule has 0 atom stereocenters. The molecule has 2 aromatic carbocycles. The lowest BCUT2D eigenvalue weighted by atomic mass is 10.1. The van der Waals surface area contributed by atoms with Gasteiger partial charge in [0.1, 0.15) is 11.0 Å². The fourth-order valence-corrected chi connectivity index (χ4v) is 3.02. The first-order valence-electron chi connectivity index (χ1n) is 7.53. The second-order valence-corrected chi connectivity index (χ2v) is 5.45. The smallest absolute Gasteiger partial charge is 0.241 e. The molecule has 3 rings (SSSR count). The van der Waals surface area contributed by atoms with Crippen molar-refractivity contribution in [3.8, 4) is 0 Å². The zero-order valence-electron chi connectivity index (χ0n) is 13.4. The Morgan fingerprint density at radius 1 is 1.09 bits per heavy atom. The van der Waals surface area contributed by atoms with Crippen LogP contribution in [0.5, 0.6) is 0 Å². The van der Waals surface area contributed by atoms with Gasteiger partial charge in [-0.25, -0.2) is 4.58 Å². The average molecular weight is 289 g/mol. The molecule has 0 bridgehead atoms. The van der Waals surface area contributed by atoms with Crippen molar-refractivity contribution < 1.29 is 4.58 Å². The molecule has 0 amide bonds. The standard InChI is InChI=1S/C20H21N2/c1-5-10-19(21(4)6-2)22-18-14-8-7-12-16(18)17-13-9-11-15(3)20(17)22/h5-14H,1H2,2-4H3/q+1/b19-10+,21-6-.